The number of hydrogen-bond donors (Lipinski definition) is 1. The van der Waals surface area contributed by atoms with Crippen molar-refractivity contribution in [3.63, 3.8) is 0 Å². The van der Waals surface area contributed by atoms with Crippen LogP contribution in [0.1, 0.15) is 40.0 Å². The highest BCUT2D eigenvalue weighted by Crippen LogP contribution is 2.59. The van der Waals surface area contributed by atoms with E-state index in [1.54, 1.807) is 0 Å². The molecule has 1 spiro atoms. The highest BCUT2D eigenvalue weighted by molar-refractivity contribution is 5.10. The van der Waals surface area contributed by atoms with Crippen molar-refractivity contribution in [2.24, 2.45) is 29.4 Å². The van der Waals surface area contributed by atoms with E-state index in [2.05, 4.69) is 13.8 Å². The number of fused-ring (bicyclic) bond motifs is 2. The van der Waals surface area contributed by atoms with Crippen molar-refractivity contribution in [3.8, 4) is 0 Å². The second-order valence-corrected chi connectivity index (χ2v) is 7.42. The molecule has 0 aromatic heterocycles. The minimum Gasteiger partial charge on any atom is -0.349 e. The van der Waals surface area contributed by atoms with Gasteiger partial charge in [0.2, 0.25) is 5.79 Å². The molecule has 5 heteroatoms. The summed E-state index contributed by atoms with van der Waals surface area (Å²) in [4.78, 5) is 11.7. The van der Waals surface area contributed by atoms with Crippen LogP contribution in [-0.4, -0.2) is 30.3 Å². The van der Waals surface area contributed by atoms with E-state index in [-0.39, 0.29) is 12.3 Å². The van der Waals surface area contributed by atoms with Gasteiger partial charge in [0.1, 0.15) is 0 Å². The molecule has 0 amide bonds. The van der Waals surface area contributed by atoms with Crippen LogP contribution in [0.4, 0.5) is 0 Å². The van der Waals surface area contributed by atoms with Gasteiger partial charge in [-0.2, -0.15) is 0 Å². The summed E-state index contributed by atoms with van der Waals surface area (Å²) in [5.74, 6) is 0.827. The molecular formula is C15H25NO4. The lowest BCUT2D eigenvalue weighted by Crippen LogP contribution is -2.71. The van der Waals surface area contributed by atoms with E-state index in [1.165, 1.54) is 0 Å². The van der Waals surface area contributed by atoms with Crippen LogP contribution in [0.5, 0.6) is 0 Å². The van der Waals surface area contributed by atoms with Crippen LogP contribution in [0.2, 0.25) is 0 Å². The van der Waals surface area contributed by atoms with Crippen molar-refractivity contribution in [2.75, 3.05) is 6.61 Å². The largest absolute Gasteiger partial charge is 0.349 e. The molecule has 1 aliphatic carbocycles. The van der Waals surface area contributed by atoms with Gasteiger partial charge in [0, 0.05) is 24.3 Å². The van der Waals surface area contributed by atoms with E-state index < -0.39 is 11.4 Å². The summed E-state index contributed by atoms with van der Waals surface area (Å²) in [6.45, 7) is 7.11. The topological polar surface area (TPSA) is 62.9 Å². The van der Waals surface area contributed by atoms with Gasteiger partial charge >= 0.3 is 0 Å². The highest BCUT2D eigenvalue weighted by atomic mass is 17.3. The normalized spacial score (nSPS) is 61.8. The zero-order chi connectivity index (χ0) is 14.1. The first-order valence-corrected chi connectivity index (χ1v) is 7.88. The van der Waals surface area contributed by atoms with Crippen LogP contribution >= 0.6 is 0 Å². The first-order chi connectivity index (χ1) is 9.46. The Morgan fingerprint density at radius 1 is 1.15 bits per heavy atom. The predicted molar refractivity (Wildman–Crippen MR) is 71.3 cm³/mol. The van der Waals surface area contributed by atoms with Gasteiger partial charge in [-0.05, 0) is 31.6 Å². The van der Waals surface area contributed by atoms with Gasteiger partial charge in [-0.25, -0.2) is 9.78 Å². The summed E-state index contributed by atoms with van der Waals surface area (Å²) in [6.07, 6.45) is 2.50. The van der Waals surface area contributed by atoms with Crippen molar-refractivity contribution in [3.05, 3.63) is 0 Å². The monoisotopic (exact) mass is 283 g/mol. The Balaban J connectivity index is 1.82. The van der Waals surface area contributed by atoms with Crippen LogP contribution in [0.3, 0.4) is 0 Å². The molecule has 4 heterocycles. The fraction of sp³-hybridized carbons (Fsp3) is 1.00. The van der Waals surface area contributed by atoms with Gasteiger partial charge in [-0.3, -0.25) is 0 Å². The molecule has 4 saturated heterocycles. The van der Waals surface area contributed by atoms with Gasteiger partial charge in [-0.1, -0.05) is 13.8 Å². The summed E-state index contributed by atoms with van der Waals surface area (Å²) in [7, 11) is 0. The summed E-state index contributed by atoms with van der Waals surface area (Å²) < 4.78 is 12.2. The van der Waals surface area contributed by atoms with Crippen molar-refractivity contribution < 1.29 is 19.2 Å². The number of ether oxygens (including phenoxy) is 2. The molecular weight excluding hydrogens is 258 g/mol. The Hall–Kier alpha value is -0.200. The Kier molecular flexibility index (Phi) is 2.81. The Morgan fingerprint density at radius 3 is 2.75 bits per heavy atom. The summed E-state index contributed by atoms with van der Waals surface area (Å²) in [5.41, 5.74) is 5.95. The third kappa shape index (κ3) is 1.56. The number of nitrogens with two attached hydrogens (primary N) is 1. The Morgan fingerprint density at radius 2 is 1.95 bits per heavy atom. The Labute approximate surface area is 120 Å². The summed E-state index contributed by atoms with van der Waals surface area (Å²) in [5, 5.41) is 0. The maximum Gasteiger partial charge on any atom is 0.201 e. The van der Waals surface area contributed by atoms with E-state index in [1.807, 2.05) is 6.92 Å². The van der Waals surface area contributed by atoms with Crippen LogP contribution in [-0.2, 0) is 19.2 Å². The molecule has 1 saturated carbocycles. The van der Waals surface area contributed by atoms with Crippen LogP contribution < -0.4 is 5.73 Å². The fourth-order valence-corrected chi connectivity index (χ4v) is 4.89. The first kappa shape index (κ1) is 13.5. The Bertz CT molecular complexity index is 415. The second kappa shape index (κ2) is 4.17. The maximum atomic E-state index is 6.42. The molecule has 20 heavy (non-hydrogen) atoms. The first-order valence-electron chi connectivity index (χ1n) is 7.88. The van der Waals surface area contributed by atoms with E-state index in [4.69, 9.17) is 25.0 Å². The molecule has 5 aliphatic rings. The second-order valence-electron chi connectivity index (χ2n) is 7.42. The van der Waals surface area contributed by atoms with E-state index in [0.717, 1.165) is 19.3 Å². The van der Waals surface area contributed by atoms with E-state index in [9.17, 15) is 0 Å². The molecule has 2 unspecified atom stereocenters. The van der Waals surface area contributed by atoms with Crippen molar-refractivity contribution in [1.29, 1.82) is 0 Å². The van der Waals surface area contributed by atoms with E-state index >= 15 is 0 Å². The van der Waals surface area contributed by atoms with Gasteiger partial charge in [-0.15, -0.1) is 0 Å². The van der Waals surface area contributed by atoms with Crippen LogP contribution in [0.25, 0.3) is 0 Å². The molecule has 2 bridgehead atoms. The molecule has 2 N–H and O–H groups in total. The molecule has 0 aromatic carbocycles. The zero-order valence-corrected chi connectivity index (χ0v) is 12.5. The predicted octanol–water partition coefficient (Wildman–Crippen LogP) is 1.81. The van der Waals surface area contributed by atoms with Gasteiger partial charge in [0.25, 0.3) is 0 Å². The number of rotatable bonds is 0. The molecule has 114 valence electrons. The lowest BCUT2D eigenvalue weighted by Gasteiger charge is -2.59. The molecule has 8 atom stereocenters. The van der Waals surface area contributed by atoms with Gasteiger partial charge < -0.3 is 15.2 Å². The SMILES string of the molecule is C[C@@H]1C(N)C[C@H]2[C@@H](C)CO[C@@H]3OC4(C)CC[C@@H]1[C@]32OO4. The van der Waals surface area contributed by atoms with Crippen molar-refractivity contribution >= 4 is 0 Å². The lowest BCUT2D eigenvalue weighted by molar-refractivity contribution is -0.567. The minimum atomic E-state index is -0.678. The quantitative estimate of drug-likeness (QED) is 0.687. The lowest BCUT2D eigenvalue weighted by atomic mass is 9.57. The summed E-state index contributed by atoms with van der Waals surface area (Å²) in [6, 6.07) is 0.227. The fourth-order valence-electron chi connectivity index (χ4n) is 4.89. The average molecular weight is 283 g/mol. The third-order valence-corrected chi connectivity index (χ3v) is 6.19. The smallest absolute Gasteiger partial charge is 0.201 e. The van der Waals surface area contributed by atoms with Crippen molar-refractivity contribution in [1.82, 2.24) is 0 Å². The van der Waals surface area contributed by atoms with Crippen LogP contribution in [0.15, 0.2) is 0 Å². The van der Waals surface area contributed by atoms with Crippen molar-refractivity contribution in [2.45, 2.75) is 63.8 Å². The molecule has 0 aromatic rings. The molecule has 5 rings (SSSR count). The van der Waals surface area contributed by atoms with Gasteiger partial charge in [0.05, 0.1) is 6.61 Å². The van der Waals surface area contributed by atoms with Crippen LogP contribution in [0, 0.1) is 23.7 Å². The molecule has 0 radical (unpaired) electrons. The molecule has 4 aliphatic heterocycles. The number of hydrogen-bond acceptors (Lipinski definition) is 5. The van der Waals surface area contributed by atoms with E-state index in [0.29, 0.717) is 30.3 Å². The highest BCUT2D eigenvalue weighted by Gasteiger charge is 2.68. The molecule has 5 fully saturated rings. The third-order valence-electron chi connectivity index (χ3n) is 6.19. The minimum absolute atomic E-state index is 0.227. The standard InChI is InChI=1S/C15H25NO4/c1-8-7-17-13-15-10(9(2)12(16)6-11(8)15)4-5-14(3,18-13)19-20-15/h8-13H,4-7,16H2,1-3H3/t8-,9-,10-,11-,12?,13+,14?,15+/m0/s1. The average Bonchev–Trinajstić information content (AvgIpc) is 2.64. The molecule has 5 nitrogen and oxygen atoms in total. The zero-order valence-electron chi connectivity index (χ0n) is 12.5. The van der Waals surface area contributed by atoms with Gasteiger partial charge in [0.15, 0.2) is 11.9 Å². The summed E-state index contributed by atoms with van der Waals surface area (Å²) >= 11 is 0. The maximum absolute atomic E-state index is 6.42.